The normalized spacial score (nSPS) is 16.6. The minimum atomic E-state index is -0.361. The van der Waals surface area contributed by atoms with Gasteiger partial charge in [0, 0.05) is 32.2 Å². The molecule has 1 saturated heterocycles. The molecule has 120 valence electrons. The number of Topliss-reactive ketones (excluding diaryl/α,β-unsaturated/α-hetero) is 1. The van der Waals surface area contributed by atoms with E-state index in [1.807, 2.05) is 18.7 Å². The number of rotatable bonds is 2. The molecule has 0 aliphatic carbocycles. The lowest BCUT2D eigenvalue weighted by molar-refractivity contribution is -0.134. The lowest BCUT2D eigenvalue weighted by Gasteiger charge is -2.37. The fraction of sp³-hybridized carbons (Fsp3) is 0.867. The molecule has 0 aromatic rings. The minimum Gasteiger partial charge on any atom is -0.339 e. The van der Waals surface area contributed by atoms with E-state index in [9.17, 15) is 9.59 Å². The number of piperazine rings is 1. The number of amides is 1. The Hall–Kier alpha value is -0.940. The summed E-state index contributed by atoms with van der Waals surface area (Å²) in [7, 11) is 0. The zero-order chi connectivity index (χ0) is 16.3. The van der Waals surface area contributed by atoms with Crippen molar-refractivity contribution in [3.05, 3.63) is 0 Å². The maximum absolute atomic E-state index is 11.6. The maximum Gasteiger partial charge on any atom is 0.239 e. The summed E-state index contributed by atoms with van der Waals surface area (Å²) in [6, 6.07) is 0.211. The first-order chi connectivity index (χ1) is 9.25. The number of ketones is 1. The smallest absolute Gasteiger partial charge is 0.239 e. The average molecular weight is 287 g/mol. The molecule has 5 heteroatoms. The van der Waals surface area contributed by atoms with E-state index in [0.29, 0.717) is 6.04 Å². The molecule has 1 heterocycles. The first kappa shape index (κ1) is 21.4. The number of nitrogens with zero attached hydrogens (tertiary/aromatic N) is 2. The van der Waals surface area contributed by atoms with Gasteiger partial charge >= 0.3 is 0 Å². The number of nitrogens with two attached hydrogens (primary N) is 1. The zero-order valence-corrected chi connectivity index (χ0v) is 14.3. The monoisotopic (exact) mass is 287 g/mol. The Labute approximate surface area is 124 Å². The number of carbonyl (C=O) groups excluding carboxylic acids is 2. The third kappa shape index (κ3) is 9.92. The molecule has 0 bridgehead atoms. The molecule has 5 nitrogen and oxygen atoms in total. The molecule has 1 aliphatic heterocycles. The van der Waals surface area contributed by atoms with Crippen molar-refractivity contribution in [3.63, 3.8) is 0 Å². The van der Waals surface area contributed by atoms with Crippen LogP contribution in [0, 0.1) is 0 Å². The van der Waals surface area contributed by atoms with Gasteiger partial charge in [-0.05, 0) is 34.6 Å². The highest BCUT2D eigenvalue weighted by Gasteiger charge is 2.23. The fourth-order valence-corrected chi connectivity index (χ4v) is 1.75. The zero-order valence-electron chi connectivity index (χ0n) is 14.3. The van der Waals surface area contributed by atoms with Gasteiger partial charge in [-0.1, -0.05) is 13.8 Å². The second kappa shape index (κ2) is 11.9. The Balaban J connectivity index is 0. The second-order valence-electron chi connectivity index (χ2n) is 5.15. The lowest BCUT2D eigenvalue weighted by Crippen LogP contribution is -2.53. The average Bonchev–Trinajstić information content (AvgIpc) is 2.39. The van der Waals surface area contributed by atoms with Crippen LogP contribution in [-0.2, 0) is 9.59 Å². The van der Waals surface area contributed by atoms with E-state index in [2.05, 4.69) is 18.7 Å². The number of hydrogen-bond donors (Lipinski definition) is 1. The summed E-state index contributed by atoms with van der Waals surface area (Å²) >= 11 is 0. The molecule has 0 radical (unpaired) electrons. The fourth-order valence-electron chi connectivity index (χ4n) is 1.75. The molecule has 1 unspecified atom stereocenters. The predicted molar refractivity (Wildman–Crippen MR) is 84.6 cm³/mol. The molecule has 0 saturated carbocycles. The van der Waals surface area contributed by atoms with E-state index in [1.165, 1.54) is 13.8 Å². The van der Waals surface area contributed by atoms with Crippen LogP contribution in [0.5, 0.6) is 0 Å². The van der Waals surface area contributed by atoms with Gasteiger partial charge in [0.15, 0.2) is 0 Å². The molecule has 0 spiro atoms. The summed E-state index contributed by atoms with van der Waals surface area (Å²) in [5.41, 5.74) is 5.56. The molecular formula is C15H33N3O2. The quantitative estimate of drug-likeness (QED) is 0.836. The van der Waals surface area contributed by atoms with Crippen LogP contribution in [-0.4, -0.2) is 59.8 Å². The Morgan fingerprint density at radius 3 is 1.55 bits per heavy atom. The van der Waals surface area contributed by atoms with E-state index in [4.69, 9.17) is 5.73 Å². The topological polar surface area (TPSA) is 66.6 Å². The highest BCUT2D eigenvalue weighted by atomic mass is 16.2. The highest BCUT2D eigenvalue weighted by molar-refractivity contribution is 5.81. The van der Waals surface area contributed by atoms with Crippen molar-refractivity contribution in [2.45, 2.75) is 60.5 Å². The summed E-state index contributed by atoms with van der Waals surface area (Å²) < 4.78 is 0. The molecule has 1 amide bonds. The van der Waals surface area contributed by atoms with E-state index < -0.39 is 0 Å². The van der Waals surface area contributed by atoms with Crippen molar-refractivity contribution >= 4 is 11.7 Å². The van der Waals surface area contributed by atoms with Gasteiger partial charge < -0.3 is 15.4 Å². The molecular weight excluding hydrogens is 254 g/mol. The van der Waals surface area contributed by atoms with Gasteiger partial charge in [0.1, 0.15) is 5.78 Å². The standard InChI is InChI=1S/C10H21N3O.C3H6O.C2H6/c1-8(2)12-4-6-13(7-5-12)10(14)9(3)11;1-3(2)4;1-2/h8-9H,4-7,11H2,1-3H3;1-2H3;1-2H3. The van der Waals surface area contributed by atoms with Gasteiger partial charge in [-0.15, -0.1) is 0 Å². The minimum absolute atomic E-state index is 0.0772. The Kier molecular flexibility index (Phi) is 12.7. The first-order valence-electron chi connectivity index (χ1n) is 7.51. The summed E-state index contributed by atoms with van der Waals surface area (Å²) in [4.78, 5) is 25.2. The summed E-state index contributed by atoms with van der Waals surface area (Å²) in [6.45, 7) is 16.7. The molecule has 1 rings (SSSR count). The molecule has 0 aromatic carbocycles. The van der Waals surface area contributed by atoms with Crippen LogP contribution in [0.2, 0.25) is 0 Å². The Morgan fingerprint density at radius 1 is 0.950 bits per heavy atom. The van der Waals surface area contributed by atoms with Crippen LogP contribution in [0.25, 0.3) is 0 Å². The van der Waals surface area contributed by atoms with E-state index >= 15 is 0 Å². The summed E-state index contributed by atoms with van der Waals surface area (Å²) in [6.07, 6.45) is 0. The molecule has 1 fully saturated rings. The number of hydrogen-bond acceptors (Lipinski definition) is 4. The van der Waals surface area contributed by atoms with Crippen molar-refractivity contribution in [1.82, 2.24) is 9.80 Å². The highest BCUT2D eigenvalue weighted by Crippen LogP contribution is 2.06. The van der Waals surface area contributed by atoms with Crippen molar-refractivity contribution in [2.75, 3.05) is 26.2 Å². The number of carbonyl (C=O) groups is 2. The molecule has 1 atom stereocenters. The third-order valence-corrected chi connectivity index (χ3v) is 2.75. The van der Waals surface area contributed by atoms with Gasteiger partial charge in [0.25, 0.3) is 0 Å². The Morgan fingerprint density at radius 2 is 1.30 bits per heavy atom. The van der Waals surface area contributed by atoms with E-state index in [1.54, 1.807) is 6.92 Å². The second-order valence-corrected chi connectivity index (χ2v) is 5.15. The lowest BCUT2D eigenvalue weighted by atomic mass is 10.2. The van der Waals surface area contributed by atoms with Crippen molar-refractivity contribution in [1.29, 1.82) is 0 Å². The third-order valence-electron chi connectivity index (χ3n) is 2.75. The van der Waals surface area contributed by atoms with E-state index in [0.717, 1.165) is 26.2 Å². The van der Waals surface area contributed by atoms with Crippen LogP contribution >= 0.6 is 0 Å². The van der Waals surface area contributed by atoms with Crippen LogP contribution in [0.4, 0.5) is 0 Å². The molecule has 0 aromatic heterocycles. The van der Waals surface area contributed by atoms with Gasteiger partial charge in [-0.2, -0.15) is 0 Å². The van der Waals surface area contributed by atoms with Crippen LogP contribution in [0.1, 0.15) is 48.5 Å². The van der Waals surface area contributed by atoms with Gasteiger partial charge in [-0.25, -0.2) is 0 Å². The van der Waals surface area contributed by atoms with Crippen molar-refractivity contribution in [2.24, 2.45) is 5.73 Å². The largest absolute Gasteiger partial charge is 0.339 e. The van der Waals surface area contributed by atoms with Crippen molar-refractivity contribution in [3.8, 4) is 0 Å². The predicted octanol–water partition coefficient (Wildman–Crippen LogP) is 1.51. The van der Waals surface area contributed by atoms with Gasteiger partial charge in [0.05, 0.1) is 6.04 Å². The molecule has 20 heavy (non-hydrogen) atoms. The van der Waals surface area contributed by atoms with Crippen molar-refractivity contribution < 1.29 is 9.59 Å². The maximum atomic E-state index is 11.6. The summed E-state index contributed by atoms with van der Waals surface area (Å²) in [5.74, 6) is 0.244. The molecule has 2 N–H and O–H groups in total. The SMILES string of the molecule is CC.CC(C)=O.CC(N)C(=O)N1CCN(C(C)C)CC1. The first-order valence-corrected chi connectivity index (χ1v) is 7.51. The van der Waals surface area contributed by atoms with Crippen LogP contribution in [0.15, 0.2) is 0 Å². The van der Waals surface area contributed by atoms with Gasteiger partial charge in [0.2, 0.25) is 5.91 Å². The van der Waals surface area contributed by atoms with Crippen LogP contribution < -0.4 is 5.73 Å². The van der Waals surface area contributed by atoms with E-state index in [-0.39, 0.29) is 17.7 Å². The molecule has 1 aliphatic rings. The van der Waals surface area contributed by atoms with Gasteiger partial charge in [-0.3, -0.25) is 9.69 Å². The Bertz CT molecular complexity index is 266. The summed E-state index contributed by atoms with van der Waals surface area (Å²) in [5, 5.41) is 0. The van der Waals surface area contributed by atoms with Crippen LogP contribution in [0.3, 0.4) is 0 Å².